The molecule has 20 heavy (non-hydrogen) atoms. The Balaban J connectivity index is 2.10. The van der Waals surface area contributed by atoms with E-state index in [9.17, 15) is 0 Å². The van der Waals surface area contributed by atoms with Gasteiger partial charge in [-0.1, -0.05) is 39.9 Å². The summed E-state index contributed by atoms with van der Waals surface area (Å²) in [6, 6.07) is 6.09. The van der Waals surface area contributed by atoms with Crippen LogP contribution in [0.4, 0.5) is 5.69 Å². The number of hydrogen-bond donors (Lipinski definition) is 0. The zero-order chi connectivity index (χ0) is 14.3. The average Bonchev–Trinajstić information content (AvgIpc) is 2.40. The van der Waals surface area contributed by atoms with E-state index >= 15 is 0 Å². The number of rotatable bonds is 1. The predicted octanol–water partition coefficient (Wildman–Crippen LogP) is 6.49. The Morgan fingerprint density at radius 1 is 0.800 bits per heavy atom. The molecular formula is C12H4Cl3N3O2. The van der Waals surface area contributed by atoms with Gasteiger partial charge in [-0.15, -0.1) is 0 Å². The predicted molar refractivity (Wildman–Crippen MR) is 76.9 cm³/mol. The molecule has 0 atom stereocenters. The summed E-state index contributed by atoms with van der Waals surface area (Å²) in [6.45, 7) is 0. The average molecular weight is 329 g/mol. The number of nitrogens with zero attached hydrogens (tertiary/aromatic N) is 3. The van der Waals surface area contributed by atoms with Crippen LogP contribution < -0.4 is 9.47 Å². The Bertz CT molecular complexity index is 773. The molecule has 0 N–H and O–H groups in total. The zero-order valence-electron chi connectivity index (χ0n) is 9.60. The van der Waals surface area contributed by atoms with Crippen molar-refractivity contribution in [3.8, 4) is 23.0 Å². The third kappa shape index (κ3) is 2.21. The molecule has 0 aliphatic carbocycles. The van der Waals surface area contributed by atoms with Gasteiger partial charge >= 0.3 is 0 Å². The molecule has 0 aromatic heterocycles. The topological polar surface area (TPSA) is 67.2 Å². The molecule has 5 nitrogen and oxygen atoms in total. The normalized spacial score (nSPS) is 11.6. The second-order valence-electron chi connectivity index (χ2n) is 3.86. The van der Waals surface area contributed by atoms with Crippen LogP contribution in [0.25, 0.3) is 10.4 Å². The molecule has 0 saturated carbocycles. The fraction of sp³-hybridized carbons (Fsp3) is 0. The number of halogens is 3. The molecule has 3 rings (SSSR count). The first-order chi connectivity index (χ1) is 9.58. The first kappa shape index (κ1) is 13.2. The highest BCUT2D eigenvalue weighted by atomic mass is 35.5. The maximum Gasteiger partial charge on any atom is 0.171 e. The Labute approximate surface area is 128 Å². The van der Waals surface area contributed by atoms with E-state index in [1.807, 2.05) is 0 Å². The Morgan fingerprint density at radius 2 is 1.25 bits per heavy atom. The van der Waals surface area contributed by atoms with E-state index in [-0.39, 0.29) is 10.7 Å². The summed E-state index contributed by atoms with van der Waals surface area (Å²) < 4.78 is 11.3. The highest BCUT2D eigenvalue weighted by Gasteiger charge is 2.22. The third-order valence-electron chi connectivity index (χ3n) is 2.59. The molecule has 2 aromatic rings. The highest BCUT2D eigenvalue weighted by Crippen LogP contribution is 2.50. The first-order valence-corrected chi connectivity index (χ1v) is 6.45. The SMILES string of the molecule is [N-]=[N+]=Nc1cc2c(cc1Cl)Oc1cc(Cl)c(Cl)cc1O2. The van der Waals surface area contributed by atoms with Crippen LogP contribution in [-0.4, -0.2) is 0 Å². The lowest BCUT2D eigenvalue weighted by molar-refractivity contribution is 0.360. The standard InChI is InChI=1S/C12H4Cl3N3O2/c13-5-1-9-10(2-6(5)14)20-12-4-8(17-18-16)7(15)3-11(12)19-9/h1-4H. The van der Waals surface area contributed by atoms with E-state index in [4.69, 9.17) is 49.8 Å². The lowest BCUT2D eigenvalue weighted by Gasteiger charge is -2.21. The van der Waals surface area contributed by atoms with Crippen molar-refractivity contribution < 1.29 is 9.47 Å². The Kier molecular flexibility index (Phi) is 3.28. The number of ether oxygens (including phenoxy) is 2. The van der Waals surface area contributed by atoms with Crippen molar-refractivity contribution in [1.29, 1.82) is 0 Å². The van der Waals surface area contributed by atoms with Gasteiger partial charge in [0.25, 0.3) is 0 Å². The third-order valence-corrected chi connectivity index (χ3v) is 3.62. The maximum absolute atomic E-state index is 8.47. The van der Waals surface area contributed by atoms with Gasteiger partial charge in [0.05, 0.1) is 20.8 Å². The fourth-order valence-electron chi connectivity index (χ4n) is 1.72. The molecule has 0 spiro atoms. The summed E-state index contributed by atoms with van der Waals surface area (Å²) in [5, 5.41) is 4.43. The van der Waals surface area contributed by atoms with Crippen molar-refractivity contribution >= 4 is 40.5 Å². The van der Waals surface area contributed by atoms with Gasteiger partial charge in [0, 0.05) is 23.1 Å². The molecule has 0 unspecified atom stereocenters. The van der Waals surface area contributed by atoms with Gasteiger partial charge in [-0.05, 0) is 11.6 Å². The van der Waals surface area contributed by atoms with E-state index in [0.717, 1.165) is 0 Å². The van der Waals surface area contributed by atoms with Gasteiger partial charge in [0.1, 0.15) is 0 Å². The second kappa shape index (κ2) is 4.96. The molecule has 2 aromatic carbocycles. The van der Waals surface area contributed by atoms with E-state index in [2.05, 4.69) is 10.0 Å². The van der Waals surface area contributed by atoms with Crippen LogP contribution in [0.3, 0.4) is 0 Å². The van der Waals surface area contributed by atoms with Crippen LogP contribution in [0.5, 0.6) is 23.0 Å². The van der Waals surface area contributed by atoms with Crippen LogP contribution in [0.2, 0.25) is 15.1 Å². The van der Waals surface area contributed by atoms with E-state index < -0.39 is 0 Å². The zero-order valence-corrected chi connectivity index (χ0v) is 11.9. The van der Waals surface area contributed by atoms with Crippen LogP contribution in [-0.2, 0) is 0 Å². The van der Waals surface area contributed by atoms with Gasteiger partial charge in [-0.2, -0.15) is 0 Å². The molecule has 0 bridgehead atoms. The van der Waals surface area contributed by atoms with E-state index in [0.29, 0.717) is 33.0 Å². The minimum Gasteiger partial charge on any atom is -0.449 e. The smallest absolute Gasteiger partial charge is 0.171 e. The molecule has 1 aliphatic rings. The van der Waals surface area contributed by atoms with Crippen molar-refractivity contribution in [3.63, 3.8) is 0 Å². The molecule has 0 saturated heterocycles. The number of fused-ring (bicyclic) bond motifs is 2. The summed E-state index contributed by atoms with van der Waals surface area (Å²) >= 11 is 17.8. The Hall–Kier alpha value is -1.78. The summed E-state index contributed by atoms with van der Waals surface area (Å²) in [5.74, 6) is 1.63. The molecule has 0 radical (unpaired) electrons. The number of azide groups is 1. The molecule has 1 aliphatic heterocycles. The van der Waals surface area contributed by atoms with E-state index in [1.165, 1.54) is 12.1 Å². The molecule has 1 heterocycles. The second-order valence-corrected chi connectivity index (χ2v) is 5.08. The van der Waals surface area contributed by atoms with Crippen molar-refractivity contribution in [1.82, 2.24) is 0 Å². The molecule has 100 valence electrons. The van der Waals surface area contributed by atoms with Gasteiger partial charge in [0.2, 0.25) is 0 Å². The van der Waals surface area contributed by atoms with Crippen molar-refractivity contribution in [2.45, 2.75) is 0 Å². The molecular weight excluding hydrogens is 325 g/mol. The van der Waals surface area contributed by atoms with Gasteiger partial charge < -0.3 is 9.47 Å². The molecule has 0 amide bonds. The highest BCUT2D eigenvalue weighted by molar-refractivity contribution is 6.42. The monoisotopic (exact) mass is 327 g/mol. The fourth-order valence-corrected chi connectivity index (χ4v) is 2.21. The summed E-state index contributed by atoms with van der Waals surface area (Å²) in [4.78, 5) is 2.69. The summed E-state index contributed by atoms with van der Waals surface area (Å²) in [7, 11) is 0. The summed E-state index contributed by atoms with van der Waals surface area (Å²) in [6.07, 6.45) is 0. The van der Waals surface area contributed by atoms with Crippen LogP contribution >= 0.6 is 34.8 Å². The van der Waals surface area contributed by atoms with Crippen LogP contribution in [0.15, 0.2) is 29.4 Å². The lowest BCUT2D eigenvalue weighted by atomic mass is 10.2. The molecule has 0 fully saturated rings. The summed E-state index contributed by atoms with van der Waals surface area (Å²) in [5.41, 5.74) is 8.72. The molecule has 8 heteroatoms. The lowest BCUT2D eigenvalue weighted by Crippen LogP contribution is -1.99. The van der Waals surface area contributed by atoms with Gasteiger partial charge in [0.15, 0.2) is 23.0 Å². The van der Waals surface area contributed by atoms with Gasteiger partial charge in [-0.25, -0.2) is 0 Å². The number of benzene rings is 2. The van der Waals surface area contributed by atoms with Crippen molar-refractivity contribution in [2.24, 2.45) is 5.11 Å². The largest absolute Gasteiger partial charge is 0.449 e. The van der Waals surface area contributed by atoms with Gasteiger partial charge in [-0.3, -0.25) is 0 Å². The van der Waals surface area contributed by atoms with Crippen molar-refractivity contribution in [2.75, 3.05) is 0 Å². The first-order valence-electron chi connectivity index (χ1n) is 5.32. The quantitative estimate of drug-likeness (QED) is 0.291. The minimum absolute atomic E-state index is 0.250. The number of hydrogen-bond acceptors (Lipinski definition) is 3. The van der Waals surface area contributed by atoms with Crippen molar-refractivity contribution in [3.05, 3.63) is 49.8 Å². The minimum atomic E-state index is 0.250. The maximum atomic E-state index is 8.47. The van der Waals surface area contributed by atoms with Crippen LogP contribution in [0.1, 0.15) is 0 Å². The van der Waals surface area contributed by atoms with E-state index in [1.54, 1.807) is 12.1 Å². The van der Waals surface area contributed by atoms with Crippen LogP contribution in [0, 0.1) is 0 Å². The Morgan fingerprint density at radius 3 is 1.75 bits per heavy atom.